The molecule has 2 heterocycles. The fourth-order valence-corrected chi connectivity index (χ4v) is 7.33. The van der Waals surface area contributed by atoms with Crippen molar-refractivity contribution in [2.24, 2.45) is 0 Å². The number of carbonyl (C=O) groups is 2. The number of allylic oxidation sites excluding steroid dienone is 16. The Morgan fingerprint density at radius 3 is 1.47 bits per heavy atom. The Morgan fingerprint density at radius 1 is 0.471 bits per heavy atom. The van der Waals surface area contributed by atoms with Crippen LogP contribution in [0.15, 0.2) is 97.2 Å². The summed E-state index contributed by atoms with van der Waals surface area (Å²) in [6, 6.07) is 0. The molecule has 2 aliphatic heterocycles. The third kappa shape index (κ3) is 28.5. The van der Waals surface area contributed by atoms with Crippen LogP contribution in [-0.2, 0) is 38.0 Å². The van der Waals surface area contributed by atoms with E-state index >= 15 is 0 Å². The van der Waals surface area contributed by atoms with Crippen molar-refractivity contribution in [1.29, 1.82) is 0 Å². The van der Waals surface area contributed by atoms with Crippen LogP contribution in [0.4, 0.5) is 0 Å². The first kappa shape index (κ1) is 62.5. The number of unbranched alkanes of at least 4 members (excludes halogenated alkanes) is 8. The second-order valence-electron chi connectivity index (χ2n) is 17.6. The molecular formula is C55H88O15. The second kappa shape index (κ2) is 41.0. The Balaban J connectivity index is 1.84. The van der Waals surface area contributed by atoms with E-state index in [-0.39, 0.29) is 19.4 Å². The van der Waals surface area contributed by atoms with E-state index in [2.05, 4.69) is 98.9 Å². The van der Waals surface area contributed by atoms with Crippen LogP contribution >= 0.6 is 0 Å². The molecule has 0 amide bonds. The zero-order valence-corrected chi connectivity index (χ0v) is 42.0. The maximum Gasteiger partial charge on any atom is 0.306 e. The highest BCUT2D eigenvalue weighted by atomic mass is 16.7. The van der Waals surface area contributed by atoms with Crippen molar-refractivity contribution in [2.75, 3.05) is 26.4 Å². The van der Waals surface area contributed by atoms with E-state index < -0.39 is 99.3 Å². The van der Waals surface area contributed by atoms with Gasteiger partial charge >= 0.3 is 11.9 Å². The van der Waals surface area contributed by atoms with E-state index in [4.69, 9.17) is 28.4 Å². The van der Waals surface area contributed by atoms with Crippen molar-refractivity contribution in [3.8, 4) is 0 Å². The molecule has 0 spiro atoms. The van der Waals surface area contributed by atoms with Crippen molar-refractivity contribution < 1.29 is 73.8 Å². The Bertz CT molecular complexity index is 1580. The summed E-state index contributed by atoms with van der Waals surface area (Å²) in [6.07, 6.45) is 34.6. The summed E-state index contributed by atoms with van der Waals surface area (Å²) in [5.74, 6) is -1.06. The van der Waals surface area contributed by atoms with Gasteiger partial charge in [-0.1, -0.05) is 143 Å². The van der Waals surface area contributed by atoms with Gasteiger partial charge in [0.25, 0.3) is 0 Å². The minimum Gasteiger partial charge on any atom is -0.462 e. The van der Waals surface area contributed by atoms with Crippen LogP contribution in [0.3, 0.4) is 0 Å². The summed E-state index contributed by atoms with van der Waals surface area (Å²) in [6.45, 7) is 2.33. The SMILES string of the molecule is CC/C=C/C/C=C/C/C=C/C/C=C/C/C=C/C/C=C/CCCCC(=O)OCC(CO[C@@H]1O[C@H](CO[C@@H]2O[C@H](CO)[C@H](O)C(O)C2O)[C@H](O)C(O)C1O)OC(=O)CC/C=C/C/C=C/CCCCCCCC. The molecular weight excluding hydrogens is 901 g/mol. The molecule has 398 valence electrons. The summed E-state index contributed by atoms with van der Waals surface area (Å²) < 4.78 is 33.4. The third-order valence-corrected chi connectivity index (χ3v) is 11.6. The summed E-state index contributed by atoms with van der Waals surface area (Å²) >= 11 is 0. The standard InChI is InChI=1S/C55H88O15/c1-3-5-7-9-11-13-15-17-18-19-20-21-22-23-24-26-27-29-31-33-35-37-46(57)65-40-43(68-47(58)38-36-34-32-30-28-25-16-14-12-10-8-6-4-2)41-66-54-53(64)51(62)49(60)45(70-54)42-67-55-52(63)50(61)48(59)44(39-56)69-55/h5,7,11,13,17-18,20-21,23-25,27-29,32,34,43-45,48-56,59-64H,3-4,6,8-10,12,14-16,19,22,26,30-31,33,35-42H2,1-2H3/b7-5+,13-11+,18-17+,21-20+,24-23+,28-25+,29-27+,34-32+/t43?,44-,45-,48+,49+,50?,51?,52?,53?,54-,55-/m1/s1. The van der Waals surface area contributed by atoms with Gasteiger partial charge in [-0.15, -0.1) is 0 Å². The normalized spacial score (nSPS) is 26.2. The Morgan fingerprint density at radius 2 is 0.929 bits per heavy atom. The number of hydrogen-bond donors (Lipinski definition) is 7. The van der Waals surface area contributed by atoms with Gasteiger partial charge in [0.2, 0.25) is 0 Å². The van der Waals surface area contributed by atoms with Crippen LogP contribution in [0.25, 0.3) is 0 Å². The molecule has 11 atom stereocenters. The molecule has 5 unspecified atom stereocenters. The van der Waals surface area contributed by atoms with E-state index in [1.165, 1.54) is 38.5 Å². The largest absolute Gasteiger partial charge is 0.462 e. The average Bonchev–Trinajstić information content (AvgIpc) is 3.35. The van der Waals surface area contributed by atoms with Gasteiger partial charge in [-0.05, 0) is 83.5 Å². The molecule has 15 nitrogen and oxygen atoms in total. The maximum absolute atomic E-state index is 12.9. The number of esters is 2. The Hall–Kier alpha value is -3.58. The zero-order valence-electron chi connectivity index (χ0n) is 42.0. The quantitative estimate of drug-likeness (QED) is 0.0182. The second-order valence-corrected chi connectivity index (χ2v) is 17.6. The number of aliphatic hydroxyl groups is 7. The first-order valence-electron chi connectivity index (χ1n) is 25.8. The van der Waals surface area contributed by atoms with Gasteiger partial charge in [-0.3, -0.25) is 9.59 Å². The molecule has 2 rings (SSSR count). The van der Waals surface area contributed by atoms with Gasteiger partial charge in [-0.2, -0.15) is 0 Å². The molecule has 0 aromatic carbocycles. The number of aliphatic hydroxyl groups excluding tert-OH is 7. The highest BCUT2D eigenvalue weighted by molar-refractivity contribution is 5.70. The molecule has 0 aliphatic carbocycles. The topological polar surface area (TPSA) is 231 Å². The number of carbonyl (C=O) groups excluding carboxylic acids is 2. The summed E-state index contributed by atoms with van der Waals surface area (Å²) in [5, 5.41) is 72.0. The van der Waals surface area contributed by atoms with Gasteiger partial charge in [0.15, 0.2) is 18.7 Å². The van der Waals surface area contributed by atoms with Crippen LogP contribution < -0.4 is 0 Å². The number of hydrogen-bond acceptors (Lipinski definition) is 15. The fourth-order valence-electron chi connectivity index (χ4n) is 7.33. The van der Waals surface area contributed by atoms with E-state index in [9.17, 15) is 45.3 Å². The summed E-state index contributed by atoms with van der Waals surface area (Å²) in [5.41, 5.74) is 0. The number of ether oxygens (including phenoxy) is 6. The number of rotatable bonds is 38. The third-order valence-electron chi connectivity index (χ3n) is 11.6. The van der Waals surface area contributed by atoms with Crippen molar-refractivity contribution in [3.63, 3.8) is 0 Å². The van der Waals surface area contributed by atoms with Crippen molar-refractivity contribution in [3.05, 3.63) is 97.2 Å². The predicted octanol–water partition coefficient (Wildman–Crippen LogP) is 7.37. The van der Waals surface area contributed by atoms with E-state index in [0.717, 1.165) is 64.2 Å². The zero-order chi connectivity index (χ0) is 51.0. The van der Waals surface area contributed by atoms with Crippen LogP contribution in [0.1, 0.15) is 142 Å². The highest BCUT2D eigenvalue weighted by Crippen LogP contribution is 2.26. The molecule has 2 aliphatic rings. The lowest BCUT2D eigenvalue weighted by atomic mass is 9.98. The monoisotopic (exact) mass is 989 g/mol. The summed E-state index contributed by atoms with van der Waals surface area (Å²) in [4.78, 5) is 25.7. The molecule has 0 saturated carbocycles. The lowest BCUT2D eigenvalue weighted by Gasteiger charge is -2.42. The first-order chi connectivity index (χ1) is 34.0. The minimum absolute atomic E-state index is 0.0435. The molecule has 15 heteroatoms. The molecule has 7 N–H and O–H groups in total. The van der Waals surface area contributed by atoms with Crippen LogP contribution in [0.5, 0.6) is 0 Å². The molecule has 0 aromatic heterocycles. The lowest BCUT2D eigenvalue weighted by molar-refractivity contribution is -0.332. The molecule has 0 aromatic rings. The highest BCUT2D eigenvalue weighted by Gasteiger charge is 2.47. The average molecular weight is 989 g/mol. The Labute approximate surface area is 417 Å². The predicted molar refractivity (Wildman–Crippen MR) is 270 cm³/mol. The lowest BCUT2D eigenvalue weighted by Crippen LogP contribution is -2.61. The van der Waals surface area contributed by atoms with Crippen molar-refractivity contribution in [2.45, 2.75) is 210 Å². The molecule has 0 bridgehead atoms. The first-order valence-corrected chi connectivity index (χ1v) is 25.8. The fraction of sp³-hybridized carbons (Fsp3) is 0.673. The van der Waals surface area contributed by atoms with Crippen LogP contribution in [0.2, 0.25) is 0 Å². The molecule has 2 saturated heterocycles. The van der Waals surface area contributed by atoms with Crippen LogP contribution in [0, 0.1) is 0 Å². The van der Waals surface area contributed by atoms with Gasteiger partial charge in [0.1, 0.15) is 55.4 Å². The van der Waals surface area contributed by atoms with Crippen molar-refractivity contribution >= 4 is 11.9 Å². The van der Waals surface area contributed by atoms with Gasteiger partial charge in [0.05, 0.1) is 19.8 Å². The van der Waals surface area contributed by atoms with Crippen LogP contribution in [-0.4, -0.2) is 142 Å². The van der Waals surface area contributed by atoms with Gasteiger partial charge in [-0.25, -0.2) is 0 Å². The maximum atomic E-state index is 12.9. The van der Waals surface area contributed by atoms with Gasteiger partial charge in [0, 0.05) is 12.8 Å². The van der Waals surface area contributed by atoms with Crippen molar-refractivity contribution in [1.82, 2.24) is 0 Å². The Kier molecular flexibility index (Phi) is 36.6. The molecule has 70 heavy (non-hydrogen) atoms. The van der Waals surface area contributed by atoms with E-state index in [1.807, 2.05) is 12.2 Å². The van der Waals surface area contributed by atoms with Gasteiger partial charge < -0.3 is 64.2 Å². The van der Waals surface area contributed by atoms with E-state index in [0.29, 0.717) is 12.8 Å². The smallest absolute Gasteiger partial charge is 0.306 e. The molecule has 0 radical (unpaired) electrons. The van der Waals surface area contributed by atoms with E-state index in [1.54, 1.807) is 0 Å². The molecule has 2 fully saturated rings. The minimum atomic E-state index is -1.79. The summed E-state index contributed by atoms with van der Waals surface area (Å²) in [7, 11) is 0.